The summed E-state index contributed by atoms with van der Waals surface area (Å²) in [5, 5.41) is 2.82. The topological polar surface area (TPSA) is 71.1 Å². The maximum atomic E-state index is 13.3. The smallest absolute Gasteiger partial charge is 0.321 e. The van der Waals surface area contributed by atoms with E-state index in [0.717, 1.165) is 12.8 Å². The van der Waals surface area contributed by atoms with Crippen molar-refractivity contribution in [2.45, 2.75) is 12.8 Å². The number of urea groups is 1. The first-order chi connectivity index (χ1) is 13.6. The molecule has 1 spiro atoms. The molecule has 3 aliphatic rings. The van der Waals surface area contributed by atoms with E-state index in [1.54, 1.807) is 4.90 Å². The third-order valence-electron chi connectivity index (χ3n) is 6.14. The Morgan fingerprint density at radius 1 is 1.00 bits per heavy atom. The van der Waals surface area contributed by atoms with Gasteiger partial charge in [0.15, 0.2) is 0 Å². The van der Waals surface area contributed by atoms with Crippen molar-refractivity contribution in [3.8, 4) is 0 Å². The molecule has 1 N–H and O–H groups in total. The maximum Gasteiger partial charge on any atom is 0.321 e. The summed E-state index contributed by atoms with van der Waals surface area (Å²) in [6, 6.07) is 5.43. The maximum absolute atomic E-state index is 13.3. The summed E-state index contributed by atoms with van der Waals surface area (Å²) in [6.45, 7) is 4.47. The van der Waals surface area contributed by atoms with Crippen LogP contribution in [0.4, 0.5) is 14.9 Å². The number of morpholine rings is 1. The highest BCUT2D eigenvalue weighted by atomic mass is 19.1. The molecule has 28 heavy (non-hydrogen) atoms. The quantitative estimate of drug-likeness (QED) is 0.837. The van der Waals surface area contributed by atoms with Gasteiger partial charge >= 0.3 is 6.03 Å². The molecule has 0 saturated carbocycles. The number of likely N-dealkylation sites (tertiary alicyclic amines) is 1. The van der Waals surface area contributed by atoms with E-state index in [9.17, 15) is 14.0 Å². The molecule has 3 heterocycles. The van der Waals surface area contributed by atoms with E-state index in [1.165, 1.54) is 24.3 Å². The lowest BCUT2D eigenvalue weighted by Gasteiger charge is -2.39. The van der Waals surface area contributed by atoms with Gasteiger partial charge in [0, 0.05) is 50.5 Å². The Labute approximate surface area is 163 Å². The Morgan fingerprint density at radius 3 is 2.32 bits per heavy atom. The molecule has 0 radical (unpaired) electrons. The molecule has 1 aromatic rings. The number of nitrogens with one attached hydrogen (secondary N) is 1. The Morgan fingerprint density at radius 2 is 1.64 bits per heavy atom. The van der Waals surface area contributed by atoms with Crippen LogP contribution in [0.5, 0.6) is 0 Å². The predicted molar refractivity (Wildman–Crippen MR) is 100 cm³/mol. The molecule has 1 atom stereocenters. The number of benzene rings is 1. The third-order valence-corrected chi connectivity index (χ3v) is 6.14. The lowest BCUT2D eigenvalue weighted by Crippen LogP contribution is -2.49. The van der Waals surface area contributed by atoms with Crippen LogP contribution < -0.4 is 5.32 Å². The van der Waals surface area contributed by atoms with Gasteiger partial charge in [0.1, 0.15) is 5.82 Å². The normalized spacial score (nSPS) is 24.4. The monoisotopic (exact) mass is 391 g/mol. The number of hydrogen-bond acceptors (Lipinski definition) is 4. The molecule has 3 fully saturated rings. The number of rotatable bonds is 2. The SMILES string of the molecule is O=C(Nc1ccc(F)cc1)N1C[C@H](C(=O)N2CCOCC2)C2(CCOCC2)C1. The average molecular weight is 391 g/mol. The van der Waals surface area contributed by atoms with Crippen molar-refractivity contribution in [1.29, 1.82) is 0 Å². The minimum atomic E-state index is -0.350. The fraction of sp³-hybridized carbons (Fsp3) is 0.600. The van der Waals surface area contributed by atoms with Crippen molar-refractivity contribution in [1.82, 2.24) is 9.80 Å². The van der Waals surface area contributed by atoms with E-state index in [0.29, 0.717) is 58.3 Å². The van der Waals surface area contributed by atoms with Crippen molar-refractivity contribution in [3.05, 3.63) is 30.1 Å². The fourth-order valence-corrected chi connectivity index (χ4v) is 4.49. The van der Waals surface area contributed by atoms with Gasteiger partial charge in [0.2, 0.25) is 5.91 Å². The lowest BCUT2D eigenvalue weighted by atomic mass is 9.71. The number of nitrogens with zero attached hydrogens (tertiary/aromatic N) is 2. The van der Waals surface area contributed by atoms with E-state index < -0.39 is 0 Å². The molecule has 4 rings (SSSR count). The van der Waals surface area contributed by atoms with Gasteiger partial charge in [0.25, 0.3) is 0 Å². The van der Waals surface area contributed by atoms with Crippen LogP contribution in [0.3, 0.4) is 0 Å². The highest BCUT2D eigenvalue weighted by Gasteiger charge is 2.52. The second-order valence-electron chi connectivity index (χ2n) is 7.78. The lowest BCUT2D eigenvalue weighted by molar-refractivity contribution is -0.144. The first-order valence-corrected chi connectivity index (χ1v) is 9.83. The fourth-order valence-electron chi connectivity index (χ4n) is 4.49. The number of anilines is 1. The first kappa shape index (κ1) is 19.1. The summed E-state index contributed by atoms with van der Waals surface area (Å²) < 4.78 is 24.0. The summed E-state index contributed by atoms with van der Waals surface area (Å²) in [4.78, 5) is 29.7. The zero-order valence-electron chi connectivity index (χ0n) is 15.9. The number of ether oxygens (including phenoxy) is 2. The Balaban J connectivity index is 1.49. The van der Waals surface area contributed by atoms with E-state index in [1.807, 2.05) is 4.90 Å². The Hall–Kier alpha value is -2.19. The molecule has 7 nitrogen and oxygen atoms in total. The van der Waals surface area contributed by atoms with Gasteiger partial charge in [-0.1, -0.05) is 0 Å². The van der Waals surface area contributed by atoms with Crippen LogP contribution in [0.15, 0.2) is 24.3 Å². The van der Waals surface area contributed by atoms with Crippen LogP contribution >= 0.6 is 0 Å². The van der Waals surface area contributed by atoms with Gasteiger partial charge in [-0.25, -0.2) is 9.18 Å². The molecular weight excluding hydrogens is 365 g/mol. The van der Waals surface area contributed by atoms with Crippen LogP contribution in [0.2, 0.25) is 0 Å². The Bertz CT molecular complexity index is 715. The zero-order valence-corrected chi connectivity index (χ0v) is 15.9. The van der Waals surface area contributed by atoms with Crippen LogP contribution in [0.1, 0.15) is 12.8 Å². The summed E-state index contributed by atoms with van der Waals surface area (Å²) in [5.74, 6) is -0.466. The highest BCUT2D eigenvalue weighted by Crippen LogP contribution is 2.45. The molecule has 3 saturated heterocycles. The molecule has 1 aromatic carbocycles. The van der Waals surface area contributed by atoms with Crippen molar-refractivity contribution in [3.63, 3.8) is 0 Å². The predicted octanol–water partition coefficient (Wildman–Crippen LogP) is 1.94. The number of halogens is 1. The summed E-state index contributed by atoms with van der Waals surface area (Å²) in [5.41, 5.74) is 0.295. The number of carbonyl (C=O) groups is 2. The largest absolute Gasteiger partial charge is 0.381 e. The first-order valence-electron chi connectivity index (χ1n) is 9.83. The van der Waals surface area contributed by atoms with Crippen LogP contribution in [-0.2, 0) is 14.3 Å². The number of carbonyl (C=O) groups excluding carboxylic acids is 2. The van der Waals surface area contributed by atoms with E-state index in [-0.39, 0.29) is 29.1 Å². The second kappa shape index (κ2) is 8.05. The number of amides is 3. The minimum Gasteiger partial charge on any atom is -0.381 e. The standard InChI is InChI=1S/C20H26FN3O4/c21-15-1-3-16(4-2-15)22-19(26)24-13-17(18(25)23-7-11-28-12-8-23)20(14-24)5-9-27-10-6-20/h1-4,17H,5-14H2,(H,22,26)/t17-/m1/s1. The van der Waals surface area contributed by atoms with Crippen molar-refractivity contribution in [2.75, 3.05) is 57.9 Å². The van der Waals surface area contributed by atoms with Crippen molar-refractivity contribution < 1.29 is 23.5 Å². The summed E-state index contributed by atoms with van der Waals surface area (Å²) in [6.07, 6.45) is 1.54. The van der Waals surface area contributed by atoms with Gasteiger partial charge in [-0.2, -0.15) is 0 Å². The van der Waals surface area contributed by atoms with Gasteiger partial charge in [-0.05, 0) is 37.1 Å². The van der Waals surface area contributed by atoms with Crippen LogP contribution in [-0.4, -0.2) is 74.3 Å². The zero-order chi connectivity index (χ0) is 19.6. The van der Waals surface area contributed by atoms with E-state index in [4.69, 9.17) is 9.47 Å². The molecule has 0 unspecified atom stereocenters. The van der Waals surface area contributed by atoms with E-state index in [2.05, 4.69) is 5.32 Å². The third kappa shape index (κ3) is 3.84. The van der Waals surface area contributed by atoms with Crippen molar-refractivity contribution >= 4 is 17.6 Å². The highest BCUT2D eigenvalue weighted by molar-refractivity contribution is 5.90. The van der Waals surface area contributed by atoms with E-state index >= 15 is 0 Å². The molecule has 8 heteroatoms. The van der Waals surface area contributed by atoms with Crippen LogP contribution in [0, 0.1) is 17.2 Å². The number of hydrogen-bond donors (Lipinski definition) is 1. The summed E-state index contributed by atoms with van der Waals surface area (Å²) in [7, 11) is 0. The molecular formula is C20H26FN3O4. The molecule has 3 aliphatic heterocycles. The molecule has 3 amide bonds. The Kier molecular flexibility index (Phi) is 5.50. The summed E-state index contributed by atoms with van der Waals surface area (Å²) >= 11 is 0. The molecule has 152 valence electrons. The van der Waals surface area contributed by atoms with Gasteiger partial charge < -0.3 is 24.6 Å². The van der Waals surface area contributed by atoms with Crippen molar-refractivity contribution in [2.24, 2.45) is 11.3 Å². The average Bonchev–Trinajstić information content (AvgIpc) is 3.09. The molecule has 0 aliphatic carbocycles. The second-order valence-corrected chi connectivity index (χ2v) is 7.78. The van der Waals surface area contributed by atoms with Gasteiger partial charge in [0.05, 0.1) is 19.1 Å². The minimum absolute atomic E-state index is 0.113. The molecule has 0 aromatic heterocycles. The van der Waals surface area contributed by atoms with Crippen LogP contribution in [0.25, 0.3) is 0 Å². The van der Waals surface area contributed by atoms with Gasteiger partial charge in [-0.3, -0.25) is 4.79 Å². The molecule has 0 bridgehead atoms. The van der Waals surface area contributed by atoms with Gasteiger partial charge in [-0.15, -0.1) is 0 Å².